The molecule has 16 heavy (non-hydrogen) atoms. The summed E-state index contributed by atoms with van der Waals surface area (Å²) < 4.78 is 71.1. The number of rotatable bonds is 1. The van der Waals surface area contributed by atoms with E-state index in [1.807, 2.05) is 0 Å². The van der Waals surface area contributed by atoms with Gasteiger partial charge >= 0.3 is 12.4 Å². The van der Waals surface area contributed by atoms with E-state index in [0.29, 0.717) is 0 Å². The molecule has 0 aliphatic heterocycles. The van der Waals surface area contributed by atoms with Crippen molar-refractivity contribution >= 4 is 15.9 Å². The Bertz CT molecular complexity index is 339. The van der Waals surface area contributed by atoms with Crippen LogP contribution in [0, 0.1) is 0 Å². The van der Waals surface area contributed by atoms with Crippen LogP contribution in [0.1, 0.15) is 5.56 Å². The smallest absolute Gasteiger partial charge is 0.169 e. The molecule has 0 amide bonds. The highest BCUT2D eigenvalue weighted by atomic mass is 79.9. The van der Waals surface area contributed by atoms with Gasteiger partial charge in [0.05, 0.1) is 0 Å². The van der Waals surface area contributed by atoms with Crippen LogP contribution in [0.3, 0.4) is 0 Å². The molecule has 0 saturated heterocycles. The highest BCUT2D eigenvalue weighted by molar-refractivity contribution is 9.09. The molecule has 0 aliphatic rings. The summed E-state index contributed by atoms with van der Waals surface area (Å²) in [5.41, 5.74) is -0.894. The average Bonchev–Trinajstić information content (AvgIpc) is 2.14. The first kappa shape index (κ1) is 13.3. The van der Waals surface area contributed by atoms with Crippen molar-refractivity contribution in [3.8, 4) is 0 Å². The van der Waals surface area contributed by atoms with Crippen molar-refractivity contribution in [2.75, 3.05) is 0 Å². The van der Waals surface area contributed by atoms with Crippen molar-refractivity contribution < 1.29 is 26.3 Å². The van der Waals surface area contributed by atoms with Crippen molar-refractivity contribution in [3.05, 3.63) is 35.9 Å². The van der Waals surface area contributed by atoms with Crippen molar-refractivity contribution in [2.45, 2.75) is 16.7 Å². The molecule has 0 heterocycles. The Labute approximate surface area is 95.4 Å². The Balaban J connectivity index is 3.39. The molecule has 0 aliphatic carbocycles. The first-order valence-electron chi connectivity index (χ1n) is 3.98. The zero-order valence-electron chi connectivity index (χ0n) is 7.53. The molecule has 0 nitrogen and oxygen atoms in total. The fourth-order valence-corrected chi connectivity index (χ4v) is 1.42. The Morgan fingerprint density at radius 1 is 0.750 bits per heavy atom. The summed E-state index contributed by atoms with van der Waals surface area (Å²) in [6, 6.07) is 5.11. The summed E-state index contributed by atoms with van der Waals surface area (Å²) in [6.07, 6.45) is -10.9. The van der Waals surface area contributed by atoms with Crippen molar-refractivity contribution in [2.24, 2.45) is 0 Å². The molecular weight excluding hydrogens is 302 g/mol. The second-order valence-corrected chi connectivity index (χ2v) is 4.21. The van der Waals surface area contributed by atoms with E-state index in [2.05, 4.69) is 0 Å². The molecule has 0 N–H and O–H groups in total. The summed E-state index contributed by atoms with van der Waals surface area (Å²) in [5.74, 6) is 0. The van der Waals surface area contributed by atoms with E-state index < -0.39 is 22.2 Å². The van der Waals surface area contributed by atoms with Crippen LogP contribution in [0.25, 0.3) is 0 Å². The van der Waals surface area contributed by atoms with E-state index in [4.69, 9.17) is 0 Å². The quantitative estimate of drug-likeness (QED) is 0.533. The van der Waals surface area contributed by atoms with Crippen LogP contribution in [0.15, 0.2) is 30.3 Å². The zero-order chi connectivity index (χ0) is 12.6. The van der Waals surface area contributed by atoms with Gasteiger partial charge in [0.1, 0.15) is 0 Å². The van der Waals surface area contributed by atoms with Crippen molar-refractivity contribution in [1.29, 1.82) is 0 Å². The van der Waals surface area contributed by atoms with E-state index in [9.17, 15) is 26.3 Å². The zero-order valence-corrected chi connectivity index (χ0v) is 9.12. The molecule has 0 saturated carbocycles. The average molecular weight is 307 g/mol. The summed E-state index contributed by atoms with van der Waals surface area (Å²) in [7, 11) is 0. The lowest BCUT2D eigenvalue weighted by atomic mass is 9.98. The van der Waals surface area contributed by atoms with Gasteiger partial charge in [-0.05, 0) is 5.56 Å². The molecule has 1 aromatic carbocycles. The maximum Gasteiger partial charge on any atom is 0.416 e. The lowest BCUT2D eigenvalue weighted by Crippen LogP contribution is -2.48. The number of hydrogen-bond acceptors (Lipinski definition) is 0. The van der Waals surface area contributed by atoms with Crippen LogP contribution in [0.4, 0.5) is 26.3 Å². The third kappa shape index (κ3) is 2.05. The molecule has 90 valence electrons. The first-order chi connectivity index (χ1) is 7.11. The summed E-state index contributed by atoms with van der Waals surface area (Å²) in [6.45, 7) is 0. The largest absolute Gasteiger partial charge is 0.416 e. The predicted molar refractivity (Wildman–Crippen MR) is 49.2 cm³/mol. The molecule has 0 radical (unpaired) electrons. The highest BCUT2D eigenvalue weighted by Crippen LogP contribution is 2.56. The summed E-state index contributed by atoms with van der Waals surface area (Å²) in [5, 5.41) is 0. The molecule has 0 bridgehead atoms. The normalized spacial score (nSPS) is 13.9. The van der Waals surface area contributed by atoms with Crippen molar-refractivity contribution in [1.82, 2.24) is 0 Å². The van der Waals surface area contributed by atoms with Gasteiger partial charge in [-0.3, -0.25) is 0 Å². The molecule has 0 unspecified atom stereocenters. The van der Waals surface area contributed by atoms with Gasteiger partial charge in [-0.25, -0.2) is 0 Å². The Kier molecular flexibility index (Phi) is 3.29. The number of benzene rings is 1. The van der Waals surface area contributed by atoms with Crippen LogP contribution < -0.4 is 0 Å². The van der Waals surface area contributed by atoms with Gasteiger partial charge in [0.2, 0.25) is 4.32 Å². The lowest BCUT2D eigenvalue weighted by Gasteiger charge is -2.32. The van der Waals surface area contributed by atoms with E-state index in [0.717, 1.165) is 24.3 Å². The minimum Gasteiger partial charge on any atom is -0.169 e. The summed E-state index contributed by atoms with van der Waals surface area (Å²) in [4.78, 5) is 0. The minimum absolute atomic E-state index is 0.774. The molecule has 0 fully saturated rings. The standard InChI is InChI=1S/C9H5BrF6/c10-7(8(11,12)13,9(14,15)16)6-4-2-1-3-5-6/h1-5H. The van der Waals surface area contributed by atoms with Gasteiger partial charge in [-0.2, -0.15) is 26.3 Å². The van der Waals surface area contributed by atoms with Crippen LogP contribution in [0.2, 0.25) is 0 Å². The van der Waals surface area contributed by atoms with Gasteiger partial charge in [-0.15, -0.1) is 0 Å². The van der Waals surface area contributed by atoms with Crippen LogP contribution in [-0.2, 0) is 4.32 Å². The number of halogens is 7. The van der Waals surface area contributed by atoms with Gasteiger partial charge < -0.3 is 0 Å². The summed E-state index contributed by atoms with van der Waals surface area (Å²) >= 11 is 1.78. The maximum atomic E-state index is 12.5. The van der Waals surface area contributed by atoms with E-state index in [1.165, 1.54) is 6.07 Å². The number of hydrogen-bond donors (Lipinski definition) is 0. The Morgan fingerprint density at radius 2 is 1.12 bits per heavy atom. The van der Waals surface area contributed by atoms with Gasteiger partial charge in [0.15, 0.2) is 0 Å². The molecule has 0 spiro atoms. The topological polar surface area (TPSA) is 0 Å². The van der Waals surface area contributed by atoms with Crippen LogP contribution >= 0.6 is 15.9 Å². The van der Waals surface area contributed by atoms with E-state index in [1.54, 1.807) is 15.9 Å². The molecule has 1 rings (SSSR count). The molecular formula is C9H5BrF6. The van der Waals surface area contributed by atoms with E-state index >= 15 is 0 Å². The number of alkyl halides is 7. The second kappa shape index (κ2) is 3.94. The Hall–Kier alpha value is -0.720. The maximum absolute atomic E-state index is 12.5. The van der Waals surface area contributed by atoms with Crippen LogP contribution in [-0.4, -0.2) is 12.4 Å². The lowest BCUT2D eigenvalue weighted by molar-refractivity contribution is -0.266. The van der Waals surface area contributed by atoms with Crippen molar-refractivity contribution in [3.63, 3.8) is 0 Å². The second-order valence-electron chi connectivity index (χ2n) is 3.02. The Morgan fingerprint density at radius 3 is 1.44 bits per heavy atom. The van der Waals surface area contributed by atoms with Gasteiger partial charge in [0, 0.05) is 0 Å². The fourth-order valence-electron chi connectivity index (χ4n) is 1.16. The highest BCUT2D eigenvalue weighted by Gasteiger charge is 2.70. The predicted octanol–water partition coefficient (Wildman–Crippen LogP) is 4.40. The minimum atomic E-state index is -5.47. The molecule has 7 heteroatoms. The van der Waals surface area contributed by atoms with Gasteiger partial charge in [-0.1, -0.05) is 46.3 Å². The fraction of sp³-hybridized carbons (Fsp3) is 0.333. The monoisotopic (exact) mass is 306 g/mol. The molecule has 0 aromatic heterocycles. The van der Waals surface area contributed by atoms with Gasteiger partial charge in [0.25, 0.3) is 0 Å². The van der Waals surface area contributed by atoms with E-state index in [-0.39, 0.29) is 0 Å². The third-order valence-electron chi connectivity index (χ3n) is 1.95. The first-order valence-corrected chi connectivity index (χ1v) is 4.78. The van der Waals surface area contributed by atoms with Crippen LogP contribution in [0.5, 0.6) is 0 Å². The SMILES string of the molecule is FC(F)(F)C(Br)(c1ccccc1)C(F)(F)F. The molecule has 1 aromatic rings. The molecule has 0 atom stereocenters. The third-order valence-corrected chi connectivity index (χ3v) is 3.31.